The number of benzene rings is 1. The molecular formula is C11H13BrN2O. The van der Waals surface area contributed by atoms with Crippen LogP contribution in [0, 0.1) is 0 Å². The van der Waals surface area contributed by atoms with Crippen molar-refractivity contribution in [1.29, 1.82) is 0 Å². The van der Waals surface area contributed by atoms with Gasteiger partial charge in [0.2, 0.25) is 5.91 Å². The lowest BCUT2D eigenvalue weighted by atomic mass is 10.2. The van der Waals surface area contributed by atoms with Gasteiger partial charge in [-0.1, -0.05) is 12.1 Å². The summed E-state index contributed by atoms with van der Waals surface area (Å²) in [5.41, 5.74) is 0.830. The molecule has 1 fully saturated rings. The number of halogens is 1. The summed E-state index contributed by atoms with van der Waals surface area (Å²) in [6.07, 6.45) is 2.00. The first-order valence-corrected chi connectivity index (χ1v) is 5.85. The van der Waals surface area contributed by atoms with Crippen molar-refractivity contribution in [3.63, 3.8) is 0 Å². The fourth-order valence-electron chi connectivity index (χ4n) is 1.69. The fourth-order valence-corrected chi connectivity index (χ4v) is 2.07. The second kappa shape index (κ2) is 4.77. The molecule has 1 aromatic carbocycles. The number of hydrogen-bond acceptors (Lipinski definition) is 2. The van der Waals surface area contributed by atoms with E-state index < -0.39 is 0 Å². The number of nitrogens with one attached hydrogen (secondary N) is 2. The molecular weight excluding hydrogens is 256 g/mol. The smallest absolute Gasteiger partial charge is 0.241 e. The number of anilines is 1. The lowest BCUT2D eigenvalue weighted by Gasteiger charge is -2.11. The Hall–Kier alpha value is -0.870. The third kappa shape index (κ3) is 2.58. The molecule has 2 rings (SSSR count). The molecule has 80 valence electrons. The molecule has 15 heavy (non-hydrogen) atoms. The summed E-state index contributed by atoms with van der Waals surface area (Å²) in [5.74, 6) is 0.0550. The van der Waals surface area contributed by atoms with Crippen LogP contribution >= 0.6 is 15.9 Å². The van der Waals surface area contributed by atoms with Crippen LogP contribution in [0.2, 0.25) is 0 Å². The third-order valence-electron chi connectivity index (χ3n) is 2.51. The van der Waals surface area contributed by atoms with Crippen LogP contribution < -0.4 is 10.6 Å². The van der Waals surface area contributed by atoms with Crippen LogP contribution in [0.3, 0.4) is 0 Å². The maximum Gasteiger partial charge on any atom is 0.241 e. The molecule has 0 saturated carbocycles. The predicted molar refractivity (Wildman–Crippen MR) is 63.8 cm³/mol. The molecule has 1 amide bonds. The van der Waals surface area contributed by atoms with Crippen molar-refractivity contribution in [2.75, 3.05) is 11.9 Å². The van der Waals surface area contributed by atoms with Crippen LogP contribution in [-0.2, 0) is 4.79 Å². The van der Waals surface area contributed by atoms with Crippen molar-refractivity contribution < 1.29 is 4.79 Å². The molecule has 1 heterocycles. The average molecular weight is 269 g/mol. The second-order valence-corrected chi connectivity index (χ2v) is 4.47. The molecule has 1 atom stereocenters. The number of hydrogen-bond donors (Lipinski definition) is 2. The van der Waals surface area contributed by atoms with Gasteiger partial charge in [-0.25, -0.2) is 0 Å². The van der Waals surface area contributed by atoms with Crippen LogP contribution in [0.15, 0.2) is 28.7 Å². The van der Waals surface area contributed by atoms with Crippen molar-refractivity contribution in [3.8, 4) is 0 Å². The molecule has 2 N–H and O–H groups in total. The maximum absolute atomic E-state index is 11.8. The Kier molecular flexibility index (Phi) is 3.38. The largest absolute Gasteiger partial charge is 0.324 e. The van der Waals surface area contributed by atoms with E-state index in [0.29, 0.717) is 0 Å². The van der Waals surface area contributed by atoms with Gasteiger partial charge in [0.15, 0.2) is 0 Å². The molecule has 3 nitrogen and oxygen atoms in total. The number of rotatable bonds is 2. The van der Waals surface area contributed by atoms with Gasteiger partial charge in [0.05, 0.1) is 11.7 Å². The lowest BCUT2D eigenvalue weighted by molar-refractivity contribution is -0.117. The standard InChI is InChI=1S/C11H13BrN2O/c12-8-4-1-2-5-9(8)14-11(15)10-6-3-7-13-10/h1-2,4-5,10,13H,3,6-7H2,(H,14,15)/t10-/m0/s1. The minimum atomic E-state index is -0.0305. The Bertz CT molecular complexity index is 361. The minimum absolute atomic E-state index is 0.0305. The van der Waals surface area contributed by atoms with Crippen molar-refractivity contribution in [2.24, 2.45) is 0 Å². The van der Waals surface area contributed by atoms with Gasteiger partial charge in [-0.05, 0) is 47.4 Å². The summed E-state index contributed by atoms with van der Waals surface area (Å²) >= 11 is 3.40. The Balaban J connectivity index is 2.02. The van der Waals surface area contributed by atoms with Crippen molar-refractivity contribution in [3.05, 3.63) is 28.7 Å². The summed E-state index contributed by atoms with van der Waals surface area (Å²) in [7, 11) is 0. The van der Waals surface area contributed by atoms with E-state index in [9.17, 15) is 4.79 Å². The summed E-state index contributed by atoms with van der Waals surface area (Å²) in [4.78, 5) is 11.8. The van der Waals surface area contributed by atoms with Crippen LogP contribution in [0.1, 0.15) is 12.8 Å². The zero-order valence-electron chi connectivity index (χ0n) is 8.29. The maximum atomic E-state index is 11.8. The van der Waals surface area contributed by atoms with E-state index in [1.165, 1.54) is 0 Å². The van der Waals surface area contributed by atoms with E-state index in [4.69, 9.17) is 0 Å². The molecule has 4 heteroatoms. The molecule has 1 aliphatic rings. The summed E-state index contributed by atoms with van der Waals surface area (Å²) in [5, 5.41) is 6.07. The molecule has 0 aliphatic carbocycles. The first-order chi connectivity index (χ1) is 7.27. The highest BCUT2D eigenvalue weighted by atomic mass is 79.9. The highest BCUT2D eigenvalue weighted by molar-refractivity contribution is 9.10. The van der Waals surface area contributed by atoms with Crippen LogP contribution in [0.25, 0.3) is 0 Å². The Labute approximate surface area is 97.4 Å². The number of para-hydroxylation sites is 1. The van der Waals surface area contributed by atoms with Crippen LogP contribution in [0.5, 0.6) is 0 Å². The van der Waals surface area contributed by atoms with E-state index in [-0.39, 0.29) is 11.9 Å². The minimum Gasteiger partial charge on any atom is -0.324 e. The highest BCUT2D eigenvalue weighted by Gasteiger charge is 2.22. The van der Waals surface area contributed by atoms with Gasteiger partial charge in [0.1, 0.15) is 0 Å². The van der Waals surface area contributed by atoms with Gasteiger partial charge in [0, 0.05) is 4.47 Å². The zero-order chi connectivity index (χ0) is 10.7. The second-order valence-electron chi connectivity index (χ2n) is 3.62. The summed E-state index contributed by atoms with van der Waals surface area (Å²) in [6.45, 7) is 0.939. The summed E-state index contributed by atoms with van der Waals surface area (Å²) in [6, 6.07) is 7.60. The van der Waals surface area contributed by atoms with Crippen molar-refractivity contribution in [2.45, 2.75) is 18.9 Å². The van der Waals surface area contributed by atoms with E-state index in [1.54, 1.807) is 0 Å². The first-order valence-electron chi connectivity index (χ1n) is 5.06. The monoisotopic (exact) mass is 268 g/mol. The predicted octanol–water partition coefficient (Wildman–Crippen LogP) is 2.14. The molecule has 0 radical (unpaired) electrons. The van der Waals surface area contributed by atoms with E-state index in [0.717, 1.165) is 29.5 Å². The molecule has 1 aromatic rings. The van der Waals surface area contributed by atoms with E-state index in [1.807, 2.05) is 24.3 Å². The van der Waals surface area contributed by atoms with Gasteiger partial charge >= 0.3 is 0 Å². The van der Waals surface area contributed by atoms with E-state index in [2.05, 4.69) is 26.6 Å². The average Bonchev–Trinajstić information content (AvgIpc) is 2.74. The van der Waals surface area contributed by atoms with Crippen LogP contribution in [0.4, 0.5) is 5.69 Å². The van der Waals surface area contributed by atoms with Crippen LogP contribution in [-0.4, -0.2) is 18.5 Å². The Morgan fingerprint density at radius 1 is 1.47 bits per heavy atom. The van der Waals surface area contributed by atoms with Gasteiger partial charge in [-0.3, -0.25) is 4.79 Å². The quantitative estimate of drug-likeness (QED) is 0.863. The topological polar surface area (TPSA) is 41.1 Å². The van der Waals surface area contributed by atoms with Gasteiger partial charge < -0.3 is 10.6 Å². The lowest BCUT2D eigenvalue weighted by Crippen LogP contribution is -2.35. The van der Waals surface area contributed by atoms with E-state index >= 15 is 0 Å². The third-order valence-corrected chi connectivity index (χ3v) is 3.20. The molecule has 0 unspecified atom stereocenters. The normalized spacial score (nSPS) is 20.2. The molecule has 0 spiro atoms. The fraction of sp³-hybridized carbons (Fsp3) is 0.364. The van der Waals surface area contributed by atoms with Crippen molar-refractivity contribution in [1.82, 2.24) is 5.32 Å². The highest BCUT2D eigenvalue weighted by Crippen LogP contribution is 2.21. The zero-order valence-corrected chi connectivity index (χ0v) is 9.88. The van der Waals surface area contributed by atoms with Gasteiger partial charge in [0.25, 0.3) is 0 Å². The van der Waals surface area contributed by atoms with Gasteiger partial charge in [-0.2, -0.15) is 0 Å². The number of amides is 1. The first kappa shape index (κ1) is 10.6. The van der Waals surface area contributed by atoms with Crippen molar-refractivity contribution >= 4 is 27.5 Å². The van der Waals surface area contributed by atoms with Gasteiger partial charge in [-0.15, -0.1) is 0 Å². The molecule has 0 aromatic heterocycles. The molecule has 0 bridgehead atoms. The summed E-state index contributed by atoms with van der Waals surface area (Å²) < 4.78 is 0.913. The number of carbonyl (C=O) groups is 1. The Morgan fingerprint density at radius 3 is 2.93 bits per heavy atom. The Morgan fingerprint density at radius 2 is 2.27 bits per heavy atom. The molecule has 1 aliphatic heterocycles. The molecule has 1 saturated heterocycles. The SMILES string of the molecule is O=C(Nc1ccccc1Br)[C@@H]1CCCN1. The number of carbonyl (C=O) groups excluding carboxylic acids is 1.